The highest BCUT2D eigenvalue weighted by atomic mass is 16.6. The van der Waals surface area contributed by atoms with Crippen LogP contribution in [0.4, 0.5) is 11.4 Å². The smallest absolute Gasteiger partial charge is 0.292 e. The van der Waals surface area contributed by atoms with Gasteiger partial charge in [-0.1, -0.05) is 18.2 Å². The number of amides is 1. The Morgan fingerprint density at radius 2 is 2.03 bits per heavy atom. The Kier molecular flexibility index (Phi) is 5.26. The third-order valence-corrected chi connectivity index (χ3v) is 5.37. The molecule has 1 saturated heterocycles. The largest absolute Gasteiger partial charge is 0.342 e. The van der Waals surface area contributed by atoms with E-state index in [1.807, 2.05) is 6.07 Å². The summed E-state index contributed by atoms with van der Waals surface area (Å²) in [5, 5.41) is 13.7. The standard InChI is InChI=1S/C21H23N5O3/c1-14-6-7-16-18(12-14)24-21(23-16)15-8-10-25(11-9-15)13-20(27)22-17-4-2-3-5-19(17)26(28)29/h2-7,12,15H,8-11,13H2,1H3,(H,22,27)(H,23,24). The minimum Gasteiger partial charge on any atom is -0.342 e. The van der Waals surface area contributed by atoms with Crippen LogP contribution in [0.5, 0.6) is 0 Å². The number of carbonyl (C=O) groups excluding carboxylic acids is 1. The second-order valence-electron chi connectivity index (χ2n) is 7.52. The first kappa shape index (κ1) is 19.1. The zero-order chi connectivity index (χ0) is 20.4. The predicted octanol–water partition coefficient (Wildman–Crippen LogP) is 3.60. The van der Waals surface area contributed by atoms with Gasteiger partial charge in [0.05, 0.1) is 22.5 Å². The van der Waals surface area contributed by atoms with E-state index in [0.29, 0.717) is 5.92 Å². The molecule has 0 bridgehead atoms. The number of imidazole rings is 1. The van der Waals surface area contributed by atoms with Crippen LogP contribution in [0.1, 0.15) is 30.1 Å². The summed E-state index contributed by atoms with van der Waals surface area (Å²) in [6.45, 7) is 3.85. The Bertz CT molecular complexity index is 1050. The summed E-state index contributed by atoms with van der Waals surface area (Å²) < 4.78 is 0. The number of aromatic nitrogens is 2. The second-order valence-corrected chi connectivity index (χ2v) is 7.52. The molecule has 0 atom stereocenters. The van der Waals surface area contributed by atoms with Crippen molar-refractivity contribution in [3.63, 3.8) is 0 Å². The van der Waals surface area contributed by atoms with E-state index in [1.165, 1.54) is 11.6 Å². The molecule has 8 nitrogen and oxygen atoms in total. The average Bonchev–Trinajstić information content (AvgIpc) is 3.12. The van der Waals surface area contributed by atoms with Gasteiger partial charge in [0, 0.05) is 12.0 Å². The first-order valence-electron chi connectivity index (χ1n) is 9.71. The zero-order valence-corrected chi connectivity index (χ0v) is 16.2. The van der Waals surface area contributed by atoms with Crippen LogP contribution in [0.25, 0.3) is 11.0 Å². The molecule has 1 fully saturated rings. The van der Waals surface area contributed by atoms with Gasteiger partial charge < -0.3 is 10.3 Å². The van der Waals surface area contributed by atoms with E-state index in [1.54, 1.807) is 18.2 Å². The highest BCUT2D eigenvalue weighted by molar-refractivity contribution is 5.94. The van der Waals surface area contributed by atoms with Crippen LogP contribution in [-0.4, -0.2) is 45.3 Å². The quantitative estimate of drug-likeness (QED) is 0.509. The normalized spacial score (nSPS) is 15.5. The SMILES string of the molecule is Cc1ccc2nc(C3CCN(CC(=O)Nc4ccccc4[N+](=O)[O-])CC3)[nH]c2c1. The Hall–Kier alpha value is -3.26. The van der Waals surface area contributed by atoms with Gasteiger partial charge in [-0.25, -0.2) is 4.98 Å². The molecule has 2 heterocycles. The van der Waals surface area contributed by atoms with Crippen LogP contribution in [0.2, 0.25) is 0 Å². The maximum atomic E-state index is 12.4. The van der Waals surface area contributed by atoms with Crippen LogP contribution in [0.15, 0.2) is 42.5 Å². The van der Waals surface area contributed by atoms with Crippen molar-refractivity contribution >= 4 is 28.3 Å². The average molecular weight is 393 g/mol. The molecule has 0 radical (unpaired) electrons. The van der Waals surface area contributed by atoms with E-state index >= 15 is 0 Å². The molecule has 3 aromatic rings. The molecule has 150 valence electrons. The molecule has 1 amide bonds. The Balaban J connectivity index is 1.33. The number of hydrogen-bond acceptors (Lipinski definition) is 5. The lowest BCUT2D eigenvalue weighted by atomic mass is 9.96. The van der Waals surface area contributed by atoms with Crippen LogP contribution in [0.3, 0.4) is 0 Å². The molecule has 0 saturated carbocycles. The Morgan fingerprint density at radius 3 is 2.79 bits per heavy atom. The molecule has 0 aliphatic carbocycles. The van der Waals surface area contributed by atoms with Gasteiger partial charge in [0.15, 0.2) is 0 Å². The number of H-pyrrole nitrogens is 1. The summed E-state index contributed by atoms with van der Waals surface area (Å²) in [7, 11) is 0. The van der Waals surface area contributed by atoms with Crippen LogP contribution in [0, 0.1) is 17.0 Å². The third-order valence-electron chi connectivity index (χ3n) is 5.37. The number of nitrogens with one attached hydrogen (secondary N) is 2. The van der Waals surface area contributed by atoms with E-state index in [0.717, 1.165) is 42.8 Å². The maximum Gasteiger partial charge on any atom is 0.292 e. The number of para-hydroxylation sites is 2. The number of nitro benzene ring substituents is 1. The van der Waals surface area contributed by atoms with Gasteiger partial charge >= 0.3 is 0 Å². The molecule has 1 aromatic heterocycles. The van der Waals surface area contributed by atoms with Crippen molar-refractivity contribution in [3.8, 4) is 0 Å². The van der Waals surface area contributed by atoms with Crippen LogP contribution in [-0.2, 0) is 4.79 Å². The number of carbonyl (C=O) groups is 1. The fourth-order valence-corrected chi connectivity index (χ4v) is 3.83. The number of piperidine rings is 1. The van der Waals surface area contributed by atoms with Crippen molar-refractivity contribution in [2.45, 2.75) is 25.7 Å². The zero-order valence-electron chi connectivity index (χ0n) is 16.2. The van der Waals surface area contributed by atoms with Crippen molar-refractivity contribution in [2.75, 3.05) is 25.0 Å². The number of rotatable bonds is 5. The number of aromatic amines is 1. The van der Waals surface area contributed by atoms with Crippen LogP contribution >= 0.6 is 0 Å². The predicted molar refractivity (Wildman–Crippen MR) is 111 cm³/mol. The number of nitro groups is 1. The van der Waals surface area contributed by atoms with E-state index in [2.05, 4.69) is 34.3 Å². The molecule has 0 unspecified atom stereocenters. The summed E-state index contributed by atoms with van der Waals surface area (Å²) in [5.41, 5.74) is 3.38. The van der Waals surface area contributed by atoms with Gasteiger partial charge in [0.25, 0.3) is 5.69 Å². The molecule has 2 N–H and O–H groups in total. The summed E-state index contributed by atoms with van der Waals surface area (Å²) >= 11 is 0. The molecule has 8 heteroatoms. The summed E-state index contributed by atoms with van der Waals surface area (Å²) in [4.78, 5) is 33.2. The number of aryl methyl sites for hydroxylation is 1. The molecular formula is C21H23N5O3. The van der Waals surface area contributed by atoms with Crippen molar-refractivity contribution in [2.24, 2.45) is 0 Å². The first-order valence-corrected chi connectivity index (χ1v) is 9.71. The minimum absolute atomic E-state index is 0.0975. The van der Waals surface area contributed by atoms with Gasteiger partial charge in [-0.15, -0.1) is 0 Å². The summed E-state index contributed by atoms with van der Waals surface area (Å²) in [6, 6.07) is 12.4. The molecule has 2 aromatic carbocycles. The lowest BCUT2D eigenvalue weighted by Gasteiger charge is -2.30. The highest BCUT2D eigenvalue weighted by Gasteiger charge is 2.25. The van der Waals surface area contributed by atoms with Crippen molar-refractivity contribution in [3.05, 3.63) is 64.0 Å². The fraction of sp³-hybridized carbons (Fsp3) is 0.333. The lowest BCUT2D eigenvalue weighted by Crippen LogP contribution is -2.39. The minimum atomic E-state index is -0.490. The lowest BCUT2D eigenvalue weighted by molar-refractivity contribution is -0.383. The number of likely N-dealkylation sites (tertiary alicyclic amines) is 1. The summed E-state index contributed by atoms with van der Waals surface area (Å²) in [5.74, 6) is 1.11. The van der Waals surface area contributed by atoms with E-state index in [9.17, 15) is 14.9 Å². The number of anilines is 1. The molecule has 0 spiro atoms. The van der Waals surface area contributed by atoms with E-state index in [4.69, 9.17) is 4.98 Å². The molecule has 4 rings (SSSR count). The number of hydrogen-bond donors (Lipinski definition) is 2. The fourth-order valence-electron chi connectivity index (χ4n) is 3.83. The van der Waals surface area contributed by atoms with Crippen molar-refractivity contribution in [1.82, 2.24) is 14.9 Å². The van der Waals surface area contributed by atoms with Crippen molar-refractivity contribution in [1.29, 1.82) is 0 Å². The third kappa shape index (κ3) is 4.27. The molecule has 1 aliphatic rings. The van der Waals surface area contributed by atoms with Gasteiger partial charge in [0.1, 0.15) is 11.5 Å². The van der Waals surface area contributed by atoms with E-state index < -0.39 is 4.92 Å². The number of benzene rings is 2. The van der Waals surface area contributed by atoms with Gasteiger partial charge in [-0.2, -0.15) is 0 Å². The second kappa shape index (κ2) is 8.00. The maximum absolute atomic E-state index is 12.4. The Labute approximate surface area is 168 Å². The topological polar surface area (TPSA) is 104 Å². The molecular weight excluding hydrogens is 370 g/mol. The van der Waals surface area contributed by atoms with E-state index in [-0.39, 0.29) is 23.8 Å². The van der Waals surface area contributed by atoms with Gasteiger partial charge in [0.2, 0.25) is 5.91 Å². The number of fused-ring (bicyclic) bond motifs is 1. The van der Waals surface area contributed by atoms with Crippen molar-refractivity contribution < 1.29 is 9.72 Å². The first-order chi connectivity index (χ1) is 14.0. The van der Waals surface area contributed by atoms with Crippen LogP contribution < -0.4 is 5.32 Å². The number of nitrogens with zero attached hydrogens (tertiary/aromatic N) is 3. The Morgan fingerprint density at radius 1 is 1.28 bits per heavy atom. The highest BCUT2D eigenvalue weighted by Crippen LogP contribution is 2.28. The monoisotopic (exact) mass is 393 g/mol. The van der Waals surface area contributed by atoms with Gasteiger partial charge in [-0.05, 0) is 56.6 Å². The molecule has 29 heavy (non-hydrogen) atoms. The molecule has 1 aliphatic heterocycles. The summed E-state index contributed by atoms with van der Waals surface area (Å²) in [6.07, 6.45) is 1.83. The van der Waals surface area contributed by atoms with Gasteiger partial charge in [-0.3, -0.25) is 19.8 Å².